The zero-order chi connectivity index (χ0) is 8.72. The van der Waals surface area contributed by atoms with E-state index >= 15 is 0 Å². The van der Waals surface area contributed by atoms with Gasteiger partial charge in [0, 0.05) is 0 Å². The van der Waals surface area contributed by atoms with E-state index in [1.807, 2.05) is 0 Å². The number of anilines is 2. The zero-order valence-corrected chi connectivity index (χ0v) is 6.44. The molecule has 0 amide bonds. The smallest absolute Gasteiger partial charge is 0.293 e. The summed E-state index contributed by atoms with van der Waals surface area (Å²) < 4.78 is 0. The van der Waals surface area contributed by atoms with Gasteiger partial charge in [0.1, 0.15) is 0 Å². The number of aromatic amines is 1. The van der Waals surface area contributed by atoms with Crippen LogP contribution in [-0.4, -0.2) is 30.5 Å². The minimum atomic E-state index is -0.253. The lowest BCUT2D eigenvalue weighted by Gasteiger charge is -1.93. The van der Waals surface area contributed by atoms with Gasteiger partial charge in [0.2, 0.25) is 5.95 Å². The highest BCUT2D eigenvalue weighted by Gasteiger charge is 2.07. The Hall–Kier alpha value is -2.09. The second-order valence-corrected chi connectivity index (χ2v) is 2.22. The Bertz CT molecular complexity index is 438. The summed E-state index contributed by atoms with van der Waals surface area (Å²) in [5.74, 6) is 0.192. The maximum atomic E-state index is 8.94. The summed E-state index contributed by atoms with van der Waals surface area (Å²) in [5.41, 5.74) is 11.4. The molecule has 0 aliphatic rings. The van der Waals surface area contributed by atoms with Crippen LogP contribution in [0.2, 0.25) is 0 Å². The topological polar surface area (TPSA) is 158 Å². The van der Waals surface area contributed by atoms with Gasteiger partial charge in [0.05, 0.1) is 0 Å². The van der Waals surface area contributed by atoms with Crippen molar-refractivity contribution < 1.29 is 10.6 Å². The number of nitrogens with one attached hydrogen (secondary N) is 1. The van der Waals surface area contributed by atoms with Gasteiger partial charge in [-0.05, 0) is 0 Å². The molecule has 0 aliphatic carbocycles. The number of H-pyrrole nitrogens is 1. The number of aromatic hydroxyl groups is 1. The molecular weight excluding hydrogens is 176 g/mol. The summed E-state index contributed by atoms with van der Waals surface area (Å²) in [6, 6.07) is -0.253. The lowest BCUT2D eigenvalue weighted by atomic mass is 10.5. The van der Waals surface area contributed by atoms with E-state index in [9.17, 15) is 0 Å². The first-order valence-electron chi connectivity index (χ1n) is 3.14. The molecule has 0 aromatic carbocycles. The van der Waals surface area contributed by atoms with Gasteiger partial charge < -0.3 is 22.1 Å². The molecule has 8 nitrogen and oxygen atoms in total. The van der Waals surface area contributed by atoms with E-state index in [2.05, 4.69) is 19.9 Å². The van der Waals surface area contributed by atoms with Crippen LogP contribution >= 0.6 is 0 Å². The molecule has 2 aromatic heterocycles. The lowest BCUT2D eigenvalue weighted by Crippen LogP contribution is -1.99. The van der Waals surface area contributed by atoms with Gasteiger partial charge >= 0.3 is 0 Å². The third-order valence-electron chi connectivity index (χ3n) is 1.38. The standard InChI is InChI=1S/C5H6N6O.H2O/c6-2-1-3(10-4(7)9-2)11-5(12)8-1;/h(H6,6,7,8,9,10,11,12);1H2. The largest absolute Gasteiger partial charge is 0.480 e. The van der Waals surface area contributed by atoms with Gasteiger partial charge in [0.25, 0.3) is 6.01 Å². The second-order valence-electron chi connectivity index (χ2n) is 2.22. The third-order valence-corrected chi connectivity index (χ3v) is 1.38. The lowest BCUT2D eigenvalue weighted by molar-refractivity contribution is 0.438. The number of imidazole rings is 1. The Morgan fingerprint density at radius 3 is 2.54 bits per heavy atom. The summed E-state index contributed by atoms with van der Waals surface area (Å²) in [6.07, 6.45) is 0. The van der Waals surface area contributed by atoms with Crippen molar-refractivity contribution in [1.29, 1.82) is 0 Å². The van der Waals surface area contributed by atoms with Crippen LogP contribution < -0.4 is 11.5 Å². The van der Waals surface area contributed by atoms with E-state index in [1.165, 1.54) is 0 Å². The van der Waals surface area contributed by atoms with Crippen molar-refractivity contribution >= 4 is 22.9 Å². The van der Waals surface area contributed by atoms with Crippen LogP contribution in [-0.2, 0) is 0 Å². The van der Waals surface area contributed by atoms with Crippen LogP contribution in [0.5, 0.6) is 6.01 Å². The Kier molecular flexibility index (Phi) is 1.91. The molecule has 70 valence electrons. The normalized spacial score (nSPS) is 9.85. The zero-order valence-electron chi connectivity index (χ0n) is 6.44. The molecule has 2 aromatic rings. The van der Waals surface area contributed by atoms with Crippen LogP contribution in [0.4, 0.5) is 11.8 Å². The maximum absolute atomic E-state index is 8.94. The molecule has 0 bridgehead atoms. The van der Waals surface area contributed by atoms with Gasteiger partial charge in [0.15, 0.2) is 17.0 Å². The van der Waals surface area contributed by atoms with Crippen molar-refractivity contribution in [2.75, 3.05) is 11.5 Å². The third kappa shape index (κ3) is 1.29. The Morgan fingerprint density at radius 2 is 1.85 bits per heavy atom. The quantitative estimate of drug-likeness (QED) is 0.385. The Morgan fingerprint density at radius 1 is 1.15 bits per heavy atom. The summed E-state index contributed by atoms with van der Waals surface area (Å²) in [6.45, 7) is 0. The van der Waals surface area contributed by atoms with Crippen molar-refractivity contribution in [2.45, 2.75) is 0 Å². The SMILES string of the molecule is Nc1nc(N)c2nc(O)[nH]c2n1.O. The van der Waals surface area contributed by atoms with E-state index in [0.717, 1.165) is 0 Å². The van der Waals surface area contributed by atoms with Crippen LogP contribution in [0.25, 0.3) is 11.2 Å². The number of nitrogens with zero attached hydrogens (tertiary/aromatic N) is 3. The molecule has 2 rings (SSSR count). The number of nitrogens with two attached hydrogens (primary N) is 2. The van der Waals surface area contributed by atoms with E-state index in [4.69, 9.17) is 16.6 Å². The maximum Gasteiger partial charge on any atom is 0.293 e. The highest BCUT2D eigenvalue weighted by molar-refractivity contribution is 5.82. The molecule has 0 spiro atoms. The summed E-state index contributed by atoms with van der Waals surface area (Å²) in [5, 5.41) is 8.94. The predicted octanol–water partition coefficient (Wildman–Crippen LogP) is -1.60. The molecule has 0 radical (unpaired) electrons. The van der Waals surface area contributed by atoms with Crippen molar-refractivity contribution in [2.24, 2.45) is 0 Å². The number of hydrogen-bond acceptors (Lipinski definition) is 6. The highest BCUT2D eigenvalue weighted by atomic mass is 16.3. The Balaban J connectivity index is 0.000000845. The molecule has 0 unspecified atom stereocenters. The summed E-state index contributed by atoms with van der Waals surface area (Å²) in [4.78, 5) is 13.6. The van der Waals surface area contributed by atoms with Gasteiger partial charge in [-0.3, -0.25) is 4.98 Å². The fourth-order valence-corrected chi connectivity index (χ4v) is 0.927. The minimum Gasteiger partial charge on any atom is -0.480 e. The molecular formula is C5H8N6O2. The fraction of sp³-hybridized carbons (Fsp3) is 0. The number of fused-ring (bicyclic) bond motifs is 1. The summed E-state index contributed by atoms with van der Waals surface area (Å²) >= 11 is 0. The predicted molar refractivity (Wildman–Crippen MR) is 45.8 cm³/mol. The minimum absolute atomic E-state index is 0. The second kappa shape index (κ2) is 2.75. The first kappa shape index (κ1) is 9.00. The first-order valence-corrected chi connectivity index (χ1v) is 3.14. The van der Waals surface area contributed by atoms with Crippen LogP contribution in [0.1, 0.15) is 0 Å². The average molecular weight is 184 g/mol. The first-order chi connectivity index (χ1) is 5.66. The molecule has 0 aliphatic heterocycles. The number of aromatic nitrogens is 4. The number of hydrogen-bond donors (Lipinski definition) is 4. The van der Waals surface area contributed by atoms with E-state index in [1.54, 1.807) is 0 Å². The Labute approximate surface area is 71.9 Å². The van der Waals surface area contributed by atoms with Crippen molar-refractivity contribution in [3.8, 4) is 6.01 Å². The highest BCUT2D eigenvalue weighted by Crippen LogP contribution is 2.17. The molecule has 0 saturated heterocycles. The van der Waals surface area contributed by atoms with Crippen molar-refractivity contribution in [1.82, 2.24) is 19.9 Å². The molecule has 0 fully saturated rings. The summed E-state index contributed by atoms with van der Waals surface area (Å²) in [7, 11) is 0. The van der Waals surface area contributed by atoms with Crippen LogP contribution in [0, 0.1) is 0 Å². The monoisotopic (exact) mass is 184 g/mol. The fourth-order valence-electron chi connectivity index (χ4n) is 0.927. The van der Waals surface area contributed by atoms with Gasteiger partial charge in [-0.15, -0.1) is 0 Å². The molecule has 2 heterocycles. The van der Waals surface area contributed by atoms with Gasteiger partial charge in [-0.25, -0.2) is 0 Å². The molecule has 13 heavy (non-hydrogen) atoms. The number of rotatable bonds is 0. The van der Waals surface area contributed by atoms with Crippen molar-refractivity contribution in [3.63, 3.8) is 0 Å². The van der Waals surface area contributed by atoms with Crippen LogP contribution in [0.15, 0.2) is 0 Å². The molecule has 8 N–H and O–H groups in total. The van der Waals surface area contributed by atoms with Crippen molar-refractivity contribution in [3.05, 3.63) is 0 Å². The van der Waals surface area contributed by atoms with E-state index < -0.39 is 0 Å². The molecule has 8 heteroatoms. The van der Waals surface area contributed by atoms with E-state index in [-0.39, 0.29) is 23.3 Å². The van der Waals surface area contributed by atoms with Gasteiger partial charge in [-0.1, -0.05) is 0 Å². The average Bonchev–Trinajstić information content (AvgIpc) is 2.29. The molecule has 0 saturated carbocycles. The van der Waals surface area contributed by atoms with Gasteiger partial charge in [-0.2, -0.15) is 15.0 Å². The van der Waals surface area contributed by atoms with Crippen LogP contribution in [0.3, 0.4) is 0 Å². The van der Waals surface area contributed by atoms with E-state index in [0.29, 0.717) is 11.2 Å². The molecule has 0 atom stereocenters. The number of nitrogen functional groups attached to an aromatic ring is 2.